The van der Waals surface area contributed by atoms with Crippen molar-refractivity contribution in [1.29, 1.82) is 0 Å². The number of rotatable bonds is 7. The Hall–Kier alpha value is -0.390. The number of halogens is 1. The van der Waals surface area contributed by atoms with Crippen molar-refractivity contribution in [2.45, 2.75) is 52.6 Å². The Balaban J connectivity index is 2.74. The Bertz CT molecular complexity index is 412. The summed E-state index contributed by atoms with van der Waals surface area (Å²) in [6.45, 7) is 13.6. The monoisotopic (exact) mass is 345 g/mol. The molecule has 0 aliphatic heterocycles. The van der Waals surface area contributed by atoms with E-state index in [9.17, 15) is 0 Å². The van der Waals surface area contributed by atoms with Crippen LogP contribution in [-0.2, 0) is 11.3 Å². The van der Waals surface area contributed by atoms with Gasteiger partial charge in [-0.25, -0.2) is 0 Å². The molecule has 5 heteroatoms. The third-order valence-electron chi connectivity index (χ3n) is 3.58. The number of ether oxygens (including phenoxy) is 1. The normalized spacial score (nSPS) is 15.3. The molecular weight excluding hydrogens is 318 g/mol. The van der Waals surface area contributed by atoms with Crippen LogP contribution in [0.4, 0.5) is 0 Å². The summed E-state index contributed by atoms with van der Waals surface area (Å²) < 4.78 is 8.29. The van der Waals surface area contributed by atoms with Crippen molar-refractivity contribution in [2.24, 2.45) is 5.92 Å². The minimum absolute atomic E-state index is 0.154. The number of hydrogen-bond acceptors (Lipinski definition) is 3. The van der Waals surface area contributed by atoms with Crippen molar-refractivity contribution >= 4 is 15.9 Å². The summed E-state index contributed by atoms with van der Waals surface area (Å²) in [6, 6.07) is 0. The van der Waals surface area contributed by atoms with Crippen molar-refractivity contribution in [3.8, 4) is 0 Å². The van der Waals surface area contributed by atoms with E-state index in [-0.39, 0.29) is 5.54 Å². The number of hydrogen-bond donors (Lipinski definition) is 1. The first-order chi connectivity index (χ1) is 9.26. The number of nitrogens with zero attached hydrogens (tertiary/aromatic N) is 2. The van der Waals surface area contributed by atoms with E-state index in [0.717, 1.165) is 17.6 Å². The van der Waals surface area contributed by atoms with Gasteiger partial charge in [0.25, 0.3) is 0 Å². The van der Waals surface area contributed by atoms with Crippen LogP contribution in [0.15, 0.2) is 10.7 Å². The minimum atomic E-state index is 0.154. The Morgan fingerprint density at radius 1 is 1.40 bits per heavy atom. The van der Waals surface area contributed by atoms with Crippen molar-refractivity contribution in [3.05, 3.63) is 16.4 Å². The number of aromatic nitrogens is 2. The molecule has 1 aromatic rings. The van der Waals surface area contributed by atoms with Gasteiger partial charge in [0.05, 0.1) is 29.5 Å². The Labute approximate surface area is 131 Å². The van der Waals surface area contributed by atoms with E-state index >= 15 is 0 Å². The lowest BCUT2D eigenvalue weighted by atomic mass is 9.91. The summed E-state index contributed by atoms with van der Waals surface area (Å²) in [4.78, 5) is 0. The molecule has 0 spiro atoms. The highest BCUT2D eigenvalue weighted by Gasteiger charge is 2.22. The highest BCUT2D eigenvalue weighted by atomic mass is 79.9. The van der Waals surface area contributed by atoms with E-state index in [1.165, 1.54) is 5.69 Å². The molecule has 0 fully saturated rings. The summed E-state index contributed by atoms with van der Waals surface area (Å²) in [6.07, 6.45) is 1.88. The first-order valence-corrected chi connectivity index (χ1v) is 8.00. The molecule has 2 unspecified atom stereocenters. The second-order valence-electron chi connectivity index (χ2n) is 6.49. The Kier molecular flexibility index (Phi) is 6.69. The van der Waals surface area contributed by atoms with E-state index in [1.807, 2.05) is 10.9 Å². The first-order valence-electron chi connectivity index (χ1n) is 7.21. The summed E-state index contributed by atoms with van der Waals surface area (Å²) in [5, 5.41) is 8.01. The smallest absolute Gasteiger partial charge is 0.0658 e. The van der Waals surface area contributed by atoms with Crippen molar-refractivity contribution in [1.82, 2.24) is 15.1 Å². The van der Waals surface area contributed by atoms with E-state index in [1.54, 1.807) is 7.11 Å². The van der Waals surface area contributed by atoms with Crippen LogP contribution in [0.3, 0.4) is 0 Å². The van der Waals surface area contributed by atoms with Crippen molar-refractivity contribution in [2.75, 3.05) is 20.3 Å². The molecule has 2 atom stereocenters. The fourth-order valence-corrected chi connectivity index (χ4v) is 2.75. The molecule has 1 heterocycles. The molecule has 116 valence electrons. The quantitative estimate of drug-likeness (QED) is 0.822. The third-order valence-corrected chi connectivity index (χ3v) is 4.19. The average Bonchev–Trinajstić information content (AvgIpc) is 2.72. The maximum atomic E-state index is 5.15. The fourth-order valence-electron chi connectivity index (χ4n) is 2.09. The molecule has 0 aliphatic carbocycles. The Morgan fingerprint density at radius 3 is 2.60 bits per heavy atom. The van der Waals surface area contributed by atoms with Gasteiger partial charge < -0.3 is 10.1 Å². The lowest BCUT2D eigenvalue weighted by Crippen LogP contribution is -2.39. The molecule has 0 aromatic carbocycles. The van der Waals surface area contributed by atoms with Crippen LogP contribution in [0, 0.1) is 5.92 Å². The summed E-state index contributed by atoms with van der Waals surface area (Å²) >= 11 is 3.62. The highest BCUT2D eigenvalue weighted by Crippen LogP contribution is 2.30. The average molecular weight is 346 g/mol. The molecule has 4 nitrogen and oxygen atoms in total. The second-order valence-corrected chi connectivity index (χ2v) is 7.34. The standard InChI is InChI=1S/C15H28BrN3O/c1-11(9-17-15(3,4)5)12(2)14-13(16)10-18-19(14)7-8-20-6/h10-12,17H,7-9H2,1-6H3. The SMILES string of the molecule is COCCn1ncc(Br)c1C(C)C(C)CNC(C)(C)C. The van der Waals surface area contributed by atoms with Gasteiger partial charge in [-0.2, -0.15) is 5.10 Å². The van der Waals surface area contributed by atoms with Gasteiger partial charge >= 0.3 is 0 Å². The van der Waals surface area contributed by atoms with Crippen molar-refractivity contribution in [3.63, 3.8) is 0 Å². The van der Waals surface area contributed by atoms with Crippen LogP contribution in [0.5, 0.6) is 0 Å². The van der Waals surface area contributed by atoms with Gasteiger partial charge in [0.15, 0.2) is 0 Å². The van der Waals surface area contributed by atoms with Gasteiger partial charge in [0.2, 0.25) is 0 Å². The van der Waals surface area contributed by atoms with Gasteiger partial charge in [-0.3, -0.25) is 4.68 Å². The molecule has 0 saturated carbocycles. The lowest BCUT2D eigenvalue weighted by Gasteiger charge is -2.27. The van der Waals surface area contributed by atoms with E-state index < -0.39 is 0 Å². The fraction of sp³-hybridized carbons (Fsp3) is 0.800. The topological polar surface area (TPSA) is 39.1 Å². The second kappa shape index (κ2) is 7.57. The first kappa shape index (κ1) is 17.7. The van der Waals surface area contributed by atoms with Crippen LogP contribution < -0.4 is 5.32 Å². The molecule has 1 aromatic heterocycles. The number of nitrogens with one attached hydrogen (secondary N) is 1. The van der Waals surface area contributed by atoms with Gasteiger partial charge in [-0.15, -0.1) is 0 Å². The molecule has 1 N–H and O–H groups in total. The minimum Gasteiger partial charge on any atom is -0.383 e. The summed E-state index contributed by atoms with van der Waals surface area (Å²) in [5.74, 6) is 0.960. The molecule has 0 radical (unpaired) electrons. The van der Waals surface area contributed by atoms with Crippen molar-refractivity contribution < 1.29 is 4.74 Å². The molecular formula is C15H28BrN3O. The van der Waals surface area contributed by atoms with Gasteiger partial charge in [0.1, 0.15) is 0 Å². The van der Waals surface area contributed by atoms with Crippen LogP contribution in [0.25, 0.3) is 0 Å². The largest absolute Gasteiger partial charge is 0.383 e. The summed E-state index contributed by atoms with van der Waals surface area (Å²) in [7, 11) is 1.72. The Morgan fingerprint density at radius 2 is 2.05 bits per heavy atom. The zero-order chi connectivity index (χ0) is 15.3. The molecule has 0 amide bonds. The van der Waals surface area contributed by atoms with Gasteiger partial charge in [-0.05, 0) is 49.2 Å². The molecule has 0 aliphatic rings. The predicted octanol–water partition coefficient (Wildman–Crippen LogP) is 3.42. The lowest BCUT2D eigenvalue weighted by molar-refractivity contribution is 0.181. The summed E-state index contributed by atoms with van der Waals surface area (Å²) in [5.41, 5.74) is 1.41. The predicted molar refractivity (Wildman–Crippen MR) is 87.1 cm³/mol. The van der Waals surface area contributed by atoms with Crippen LogP contribution in [-0.4, -0.2) is 35.6 Å². The third kappa shape index (κ3) is 5.19. The molecule has 0 bridgehead atoms. The van der Waals surface area contributed by atoms with E-state index in [4.69, 9.17) is 4.74 Å². The zero-order valence-corrected chi connectivity index (χ0v) is 15.1. The maximum absolute atomic E-state index is 5.15. The van der Waals surface area contributed by atoms with E-state index in [2.05, 4.69) is 61.0 Å². The van der Waals surface area contributed by atoms with Crippen LogP contribution >= 0.6 is 15.9 Å². The van der Waals surface area contributed by atoms with Crippen LogP contribution in [0.2, 0.25) is 0 Å². The van der Waals surface area contributed by atoms with Crippen LogP contribution in [0.1, 0.15) is 46.2 Å². The van der Waals surface area contributed by atoms with Gasteiger partial charge in [-0.1, -0.05) is 13.8 Å². The highest BCUT2D eigenvalue weighted by molar-refractivity contribution is 9.10. The zero-order valence-electron chi connectivity index (χ0n) is 13.5. The van der Waals surface area contributed by atoms with Gasteiger partial charge in [0, 0.05) is 18.6 Å². The van der Waals surface area contributed by atoms with E-state index in [0.29, 0.717) is 18.4 Å². The number of methoxy groups -OCH3 is 1. The maximum Gasteiger partial charge on any atom is 0.0658 e. The molecule has 20 heavy (non-hydrogen) atoms. The molecule has 0 saturated heterocycles. The molecule has 1 rings (SSSR count).